The van der Waals surface area contributed by atoms with Crippen LogP contribution >= 0.6 is 0 Å². The zero-order chi connectivity index (χ0) is 20.4. The second-order valence-corrected chi connectivity index (χ2v) is 11.0. The number of piperazine rings is 1. The van der Waals surface area contributed by atoms with E-state index in [1.165, 1.54) is 25.8 Å². The second kappa shape index (κ2) is 9.59. The van der Waals surface area contributed by atoms with Crippen molar-refractivity contribution in [2.75, 3.05) is 13.1 Å². The first kappa shape index (κ1) is 23.2. The van der Waals surface area contributed by atoms with E-state index < -0.39 is 5.60 Å². The molecular formula is C24H48N2O. The fourth-order valence-electron chi connectivity index (χ4n) is 5.22. The molecule has 1 saturated heterocycles. The predicted octanol–water partition coefficient (Wildman–Crippen LogP) is 5.17. The lowest BCUT2D eigenvalue weighted by molar-refractivity contribution is -0.0664. The molecule has 0 aromatic rings. The van der Waals surface area contributed by atoms with Gasteiger partial charge in [0.2, 0.25) is 0 Å². The summed E-state index contributed by atoms with van der Waals surface area (Å²) in [6.07, 6.45) is 7.08. The number of nitrogens with zero attached hydrogens (tertiary/aromatic N) is 2. The maximum Gasteiger partial charge on any atom is 0.0635 e. The second-order valence-electron chi connectivity index (χ2n) is 11.0. The molecule has 0 radical (unpaired) electrons. The molecule has 1 aliphatic heterocycles. The van der Waals surface area contributed by atoms with E-state index in [2.05, 4.69) is 65.2 Å². The molecule has 0 aromatic heterocycles. The molecule has 0 bridgehead atoms. The van der Waals surface area contributed by atoms with Crippen molar-refractivity contribution in [3.05, 3.63) is 0 Å². The standard InChI is InChI=1S/C24H48N2O/c1-17(2)11-12-24(8,27)16-23-22(15-20(7)21-9-10-21)25(18(3)4)13-14-26(23)19(5)6/h17-23,27H,9-16H2,1-8H3. The van der Waals surface area contributed by atoms with E-state index >= 15 is 0 Å². The van der Waals surface area contributed by atoms with E-state index in [4.69, 9.17) is 0 Å². The lowest BCUT2D eigenvalue weighted by Gasteiger charge is -2.53. The molecule has 0 amide bonds. The van der Waals surface area contributed by atoms with Crippen LogP contribution in [0.25, 0.3) is 0 Å². The number of rotatable bonds is 10. The lowest BCUT2D eigenvalue weighted by atomic mass is 9.81. The molecule has 1 aliphatic carbocycles. The van der Waals surface area contributed by atoms with Crippen molar-refractivity contribution < 1.29 is 5.11 Å². The third kappa shape index (κ3) is 6.72. The van der Waals surface area contributed by atoms with Gasteiger partial charge in [0.15, 0.2) is 0 Å². The molecule has 160 valence electrons. The third-order valence-corrected chi connectivity index (χ3v) is 7.19. The minimum absolute atomic E-state index is 0.463. The number of hydrogen-bond donors (Lipinski definition) is 1. The van der Waals surface area contributed by atoms with Crippen LogP contribution in [0.3, 0.4) is 0 Å². The molecule has 0 aromatic carbocycles. The molecule has 4 unspecified atom stereocenters. The maximum absolute atomic E-state index is 11.3. The topological polar surface area (TPSA) is 26.7 Å². The molecule has 3 nitrogen and oxygen atoms in total. The quantitative estimate of drug-likeness (QED) is 0.566. The number of hydrogen-bond acceptors (Lipinski definition) is 3. The fourth-order valence-corrected chi connectivity index (χ4v) is 5.22. The van der Waals surface area contributed by atoms with Crippen molar-refractivity contribution in [2.45, 2.75) is 124 Å². The van der Waals surface area contributed by atoms with Gasteiger partial charge in [-0.3, -0.25) is 9.80 Å². The van der Waals surface area contributed by atoms with Gasteiger partial charge in [0.05, 0.1) is 5.60 Å². The van der Waals surface area contributed by atoms with Crippen molar-refractivity contribution in [1.29, 1.82) is 0 Å². The Hall–Kier alpha value is -0.120. The van der Waals surface area contributed by atoms with Crippen LogP contribution in [0, 0.1) is 17.8 Å². The van der Waals surface area contributed by atoms with Crippen LogP contribution in [-0.2, 0) is 0 Å². The highest BCUT2D eigenvalue weighted by Gasteiger charge is 2.43. The predicted molar refractivity (Wildman–Crippen MR) is 117 cm³/mol. The Bertz CT molecular complexity index is 442. The minimum Gasteiger partial charge on any atom is -0.390 e. The van der Waals surface area contributed by atoms with Crippen molar-refractivity contribution >= 4 is 0 Å². The van der Waals surface area contributed by atoms with Crippen molar-refractivity contribution in [1.82, 2.24) is 9.80 Å². The van der Waals surface area contributed by atoms with Gasteiger partial charge >= 0.3 is 0 Å². The molecule has 0 spiro atoms. The average Bonchev–Trinajstić information content (AvgIpc) is 3.38. The van der Waals surface area contributed by atoms with Crippen LogP contribution in [-0.4, -0.2) is 57.8 Å². The summed E-state index contributed by atoms with van der Waals surface area (Å²) in [5.74, 6) is 2.42. The number of aliphatic hydroxyl groups is 1. The van der Waals surface area contributed by atoms with E-state index in [0.717, 1.165) is 37.6 Å². The highest BCUT2D eigenvalue weighted by atomic mass is 16.3. The maximum atomic E-state index is 11.3. The summed E-state index contributed by atoms with van der Waals surface area (Å²) >= 11 is 0. The van der Waals surface area contributed by atoms with Gasteiger partial charge in [-0.05, 0) is 90.9 Å². The molecule has 1 heterocycles. The third-order valence-electron chi connectivity index (χ3n) is 7.19. The van der Waals surface area contributed by atoms with Gasteiger partial charge < -0.3 is 5.11 Å². The first-order valence-corrected chi connectivity index (χ1v) is 11.8. The molecule has 2 rings (SSSR count). The van der Waals surface area contributed by atoms with Gasteiger partial charge in [0, 0.05) is 37.3 Å². The van der Waals surface area contributed by atoms with Crippen molar-refractivity contribution in [2.24, 2.45) is 17.8 Å². The summed E-state index contributed by atoms with van der Waals surface area (Å²) < 4.78 is 0. The smallest absolute Gasteiger partial charge is 0.0635 e. The Kier molecular flexibility index (Phi) is 8.22. The van der Waals surface area contributed by atoms with E-state index in [1.807, 2.05) is 0 Å². The van der Waals surface area contributed by atoms with Gasteiger partial charge in [-0.15, -0.1) is 0 Å². The van der Waals surface area contributed by atoms with Crippen LogP contribution in [0.2, 0.25) is 0 Å². The lowest BCUT2D eigenvalue weighted by Crippen LogP contribution is -2.64. The molecule has 1 saturated carbocycles. The van der Waals surface area contributed by atoms with Crippen LogP contribution in [0.4, 0.5) is 0 Å². The Morgan fingerprint density at radius 3 is 1.85 bits per heavy atom. The molecular weight excluding hydrogens is 332 g/mol. The van der Waals surface area contributed by atoms with E-state index in [0.29, 0.717) is 30.1 Å². The first-order valence-electron chi connectivity index (χ1n) is 11.8. The summed E-state index contributed by atoms with van der Waals surface area (Å²) in [6.45, 7) is 20.8. The molecule has 27 heavy (non-hydrogen) atoms. The molecule has 1 N–H and O–H groups in total. The largest absolute Gasteiger partial charge is 0.390 e. The Morgan fingerprint density at radius 2 is 1.41 bits per heavy atom. The summed E-state index contributed by atoms with van der Waals surface area (Å²) in [4.78, 5) is 5.45. The normalized spacial score (nSPS) is 28.9. The molecule has 4 atom stereocenters. The summed E-state index contributed by atoms with van der Waals surface area (Å²) in [5, 5.41) is 11.3. The van der Waals surface area contributed by atoms with E-state index in [-0.39, 0.29) is 0 Å². The summed E-state index contributed by atoms with van der Waals surface area (Å²) in [6, 6.07) is 2.16. The Morgan fingerprint density at radius 1 is 0.889 bits per heavy atom. The minimum atomic E-state index is -0.566. The van der Waals surface area contributed by atoms with Gasteiger partial charge in [-0.1, -0.05) is 20.8 Å². The first-order chi connectivity index (χ1) is 12.5. The summed E-state index contributed by atoms with van der Waals surface area (Å²) in [5.41, 5.74) is -0.566. The van der Waals surface area contributed by atoms with Crippen LogP contribution in [0.5, 0.6) is 0 Å². The SMILES string of the molecule is CC(C)CCC(C)(O)CC1C(CC(C)C2CC2)N(C(C)C)CCN1C(C)C. The summed E-state index contributed by atoms with van der Waals surface area (Å²) in [7, 11) is 0. The van der Waals surface area contributed by atoms with Gasteiger partial charge in [-0.2, -0.15) is 0 Å². The van der Waals surface area contributed by atoms with Crippen molar-refractivity contribution in [3.8, 4) is 0 Å². The van der Waals surface area contributed by atoms with Gasteiger partial charge in [0.25, 0.3) is 0 Å². The Labute approximate surface area is 169 Å². The van der Waals surface area contributed by atoms with Crippen LogP contribution < -0.4 is 0 Å². The highest BCUT2D eigenvalue weighted by molar-refractivity contribution is 4.99. The van der Waals surface area contributed by atoms with Crippen molar-refractivity contribution in [3.63, 3.8) is 0 Å². The molecule has 2 fully saturated rings. The fraction of sp³-hybridized carbons (Fsp3) is 1.00. The van der Waals surface area contributed by atoms with E-state index in [1.54, 1.807) is 0 Å². The zero-order valence-corrected chi connectivity index (χ0v) is 19.5. The average molecular weight is 381 g/mol. The van der Waals surface area contributed by atoms with Gasteiger partial charge in [0.1, 0.15) is 0 Å². The highest BCUT2D eigenvalue weighted by Crippen LogP contribution is 2.41. The van der Waals surface area contributed by atoms with Crippen LogP contribution in [0.15, 0.2) is 0 Å². The molecule has 3 heteroatoms. The monoisotopic (exact) mass is 380 g/mol. The Balaban J connectivity index is 2.21. The van der Waals surface area contributed by atoms with Crippen LogP contribution in [0.1, 0.15) is 93.9 Å². The van der Waals surface area contributed by atoms with Gasteiger partial charge in [-0.25, -0.2) is 0 Å². The van der Waals surface area contributed by atoms with E-state index in [9.17, 15) is 5.11 Å². The molecule has 2 aliphatic rings. The zero-order valence-electron chi connectivity index (χ0n) is 19.5.